The molecule has 1 fully saturated rings. The van der Waals surface area contributed by atoms with Crippen molar-refractivity contribution in [2.75, 3.05) is 29.7 Å². The summed E-state index contributed by atoms with van der Waals surface area (Å²) < 4.78 is 65.5. The van der Waals surface area contributed by atoms with Gasteiger partial charge < -0.3 is 15.5 Å². The maximum atomic E-state index is 15.1. The van der Waals surface area contributed by atoms with Crippen LogP contribution in [-0.2, 0) is 24.7 Å². The van der Waals surface area contributed by atoms with Crippen LogP contribution in [0.15, 0.2) is 71.6 Å². The Morgan fingerprint density at radius 2 is 1.62 bits per heavy atom. The third-order valence-electron chi connectivity index (χ3n) is 6.17. The van der Waals surface area contributed by atoms with Gasteiger partial charge in [-0.25, -0.2) is 30.7 Å². The van der Waals surface area contributed by atoms with Crippen LogP contribution in [0.1, 0.15) is 6.42 Å². The van der Waals surface area contributed by atoms with E-state index in [9.17, 15) is 26.4 Å². The zero-order chi connectivity index (χ0) is 29.2. The van der Waals surface area contributed by atoms with Crippen molar-refractivity contribution in [2.45, 2.75) is 23.4 Å². The van der Waals surface area contributed by atoms with Crippen LogP contribution in [0.25, 0.3) is 11.1 Å². The molecular weight excluding hydrogens is 583 g/mol. The molecule has 3 aromatic carbocycles. The molecule has 14 heteroatoms. The minimum Gasteiger partial charge on any atom is -0.322 e. The second-order valence-corrected chi connectivity index (χ2v) is 13.6. The van der Waals surface area contributed by atoms with E-state index < -0.39 is 49.7 Å². The second-order valence-electron chi connectivity index (χ2n) is 9.38. The number of hydrogen-bond acceptors (Lipinski definition) is 6. The van der Waals surface area contributed by atoms with Gasteiger partial charge in [0.1, 0.15) is 11.9 Å². The molecule has 1 saturated heterocycles. The molecule has 0 radical (unpaired) electrons. The number of anilines is 2. The lowest BCUT2D eigenvalue weighted by atomic mass is 10.0. The van der Waals surface area contributed by atoms with Crippen molar-refractivity contribution in [3.8, 4) is 11.1 Å². The van der Waals surface area contributed by atoms with E-state index in [0.29, 0.717) is 21.8 Å². The predicted molar refractivity (Wildman–Crippen MR) is 151 cm³/mol. The summed E-state index contributed by atoms with van der Waals surface area (Å²) in [6, 6.07) is 13.8. The van der Waals surface area contributed by atoms with Gasteiger partial charge in [0.25, 0.3) is 0 Å². The number of urea groups is 1. The van der Waals surface area contributed by atoms with Crippen LogP contribution in [0.5, 0.6) is 0 Å². The molecule has 0 unspecified atom stereocenters. The average molecular weight is 609 g/mol. The first kappa shape index (κ1) is 29.5. The van der Waals surface area contributed by atoms with Crippen molar-refractivity contribution >= 4 is 54.8 Å². The second kappa shape index (κ2) is 11.5. The molecule has 1 aliphatic rings. The fourth-order valence-electron chi connectivity index (χ4n) is 4.45. The monoisotopic (exact) mass is 608 g/mol. The first-order valence-electron chi connectivity index (χ1n) is 11.9. The van der Waals surface area contributed by atoms with Crippen molar-refractivity contribution in [3.63, 3.8) is 0 Å². The fraction of sp³-hybridized carbons (Fsp3) is 0.231. The fourth-order valence-corrected chi connectivity index (χ4v) is 6.27. The van der Waals surface area contributed by atoms with E-state index in [1.807, 2.05) is 0 Å². The third kappa shape index (κ3) is 7.16. The highest BCUT2D eigenvalue weighted by Crippen LogP contribution is 2.30. The number of rotatable bonds is 7. The van der Waals surface area contributed by atoms with Crippen LogP contribution >= 0.6 is 11.6 Å². The van der Waals surface area contributed by atoms with Gasteiger partial charge in [-0.3, -0.25) is 4.79 Å². The topological polar surface area (TPSA) is 142 Å². The normalized spacial score (nSPS) is 17.4. The smallest absolute Gasteiger partial charge is 0.322 e. The number of sulfone groups is 1. The molecule has 1 heterocycles. The SMILES string of the molecule is CS(=O)(=O)N[C@@H]1C[C@H](C(=O)Nc2ccc(-c3ccccc3S(C)(=O)=O)cc2F)N(C(=O)Nc2ccc(Cl)cc2)C1. The molecule has 0 saturated carbocycles. The molecule has 3 N–H and O–H groups in total. The van der Waals surface area contributed by atoms with Crippen LogP contribution in [0.3, 0.4) is 0 Å². The Morgan fingerprint density at radius 3 is 2.25 bits per heavy atom. The summed E-state index contributed by atoms with van der Waals surface area (Å²) in [6.45, 7) is -0.103. The molecule has 3 aromatic rings. The number of amides is 3. The van der Waals surface area contributed by atoms with Crippen molar-refractivity contribution in [2.24, 2.45) is 0 Å². The van der Waals surface area contributed by atoms with Gasteiger partial charge in [0.15, 0.2) is 9.84 Å². The van der Waals surface area contributed by atoms with Gasteiger partial charge in [0.2, 0.25) is 15.9 Å². The Morgan fingerprint density at radius 1 is 0.950 bits per heavy atom. The van der Waals surface area contributed by atoms with Crippen LogP contribution in [0.4, 0.5) is 20.6 Å². The Labute approximate surface area is 236 Å². The van der Waals surface area contributed by atoms with E-state index >= 15 is 4.39 Å². The number of benzene rings is 3. The molecule has 3 amide bonds. The van der Waals surface area contributed by atoms with Gasteiger partial charge in [0, 0.05) is 35.1 Å². The minimum atomic E-state index is -3.64. The van der Waals surface area contributed by atoms with Crippen molar-refractivity contribution < 1.29 is 30.8 Å². The molecule has 212 valence electrons. The number of carbonyl (C=O) groups excluding carboxylic acids is 2. The number of halogens is 2. The van der Waals surface area contributed by atoms with Gasteiger partial charge in [-0.15, -0.1) is 0 Å². The molecule has 0 aliphatic carbocycles. The Kier molecular flexibility index (Phi) is 8.49. The summed E-state index contributed by atoms with van der Waals surface area (Å²) in [5.41, 5.74) is 0.809. The van der Waals surface area contributed by atoms with Crippen LogP contribution in [-0.4, -0.2) is 64.8 Å². The molecule has 10 nitrogen and oxygen atoms in total. The average Bonchev–Trinajstić information content (AvgIpc) is 3.28. The van der Waals surface area contributed by atoms with Crippen molar-refractivity contribution in [1.29, 1.82) is 0 Å². The molecule has 0 aromatic heterocycles. The number of nitrogens with zero attached hydrogens (tertiary/aromatic N) is 1. The number of hydrogen-bond donors (Lipinski definition) is 3. The highest BCUT2D eigenvalue weighted by atomic mass is 35.5. The molecule has 0 bridgehead atoms. The summed E-state index contributed by atoms with van der Waals surface area (Å²) in [7, 11) is -7.22. The van der Waals surface area contributed by atoms with Gasteiger partial charge in [0.05, 0.1) is 16.8 Å². The zero-order valence-corrected chi connectivity index (χ0v) is 23.8. The number of carbonyl (C=O) groups is 2. The number of likely N-dealkylation sites (tertiary alicyclic amines) is 1. The van der Waals surface area contributed by atoms with Crippen molar-refractivity contribution in [3.05, 3.63) is 77.6 Å². The summed E-state index contributed by atoms with van der Waals surface area (Å²) >= 11 is 5.88. The van der Waals surface area contributed by atoms with Gasteiger partial charge >= 0.3 is 6.03 Å². The maximum absolute atomic E-state index is 15.1. The molecule has 1 aliphatic heterocycles. The minimum absolute atomic E-state index is 0.0314. The van der Waals surface area contributed by atoms with Crippen LogP contribution in [0.2, 0.25) is 5.02 Å². The quantitative estimate of drug-likeness (QED) is 0.373. The Hall–Kier alpha value is -3.52. The lowest BCUT2D eigenvalue weighted by Gasteiger charge is -2.24. The number of sulfonamides is 1. The predicted octanol–water partition coefficient (Wildman–Crippen LogP) is 3.71. The van der Waals surface area contributed by atoms with E-state index in [0.717, 1.165) is 18.6 Å². The zero-order valence-electron chi connectivity index (χ0n) is 21.4. The van der Waals surface area contributed by atoms with Gasteiger partial charge in [-0.2, -0.15) is 0 Å². The first-order valence-corrected chi connectivity index (χ1v) is 16.1. The Balaban J connectivity index is 1.56. The standard InChI is InChI=1S/C26H26ClFN4O6S2/c1-39(35,36)24-6-4-3-5-20(24)16-7-12-22(21(28)13-16)30-25(33)23-14-19(31-40(2,37)38)15-32(23)26(34)29-18-10-8-17(27)9-11-18/h3-13,19,23,31H,14-15H2,1-2H3,(H,29,34)(H,30,33)/t19-,23-/m1/s1. The molecule has 4 rings (SSSR count). The maximum Gasteiger partial charge on any atom is 0.322 e. The first-order chi connectivity index (χ1) is 18.7. The largest absolute Gasteiger partial charge is 0.322 e. The van der Waals surface area contributed by atoms with E-state index in [1.54, 1.807) is 42.5 Å². The number of nitrogens with one attached hydrogen (secondary N) is 3. The summed E-state index contributed by atoms with van der Waals surface area (Å²) in [4.78, 5) is 27.5. The highest BCUT2D eigenvalue weighted by molar-refractivity contribution is 7.90. The summed E-state index contributed by atoms with van der Waals surface area (Å²) in [5, 5.41) is 5.57. The van der Waals surface area contributed by atoms with Crippen molar-refractivity contribution in [1.82, 2.24) is 9.62 Å². The summed E-state index contributed by atoms with van der Waals surface area (Å²) in [5.74, 6) is -1.55. The van der Waals surface area contributed by atoms with Gasteiger partial charge in [-0.05, 0) is 54.4 Å². The Bertz CT molecular complexity index is 1670. The lowest BCUT2D eigenvalue weighted by Crippen LogP contribution is -2.45. The molecular formula is C26H26ClFN4O6S2. The van der Waals surface area contributed by atoms with E-state index in [-0.39, 0.29) is 23.5 Å². The van der Waals surface area contributed by atoms with Crippen LogP contribution < -0.4 is 15.4 Å². The summed E-state index contributed by atoms with van der Waals surface area (Å²) in [6.07, 6.45) is 1.98. The molecule has 0 spiro atoms. The molecule has 40 heavy (non-hydrogen) atoms. The highest BCUT2D eigenvalue weighted by Gasteiger charge is 2.41. The van der Waals surface area contributed by atoms with E-state index in [4.69, 9.17) is 11.6 Å². The van der Waals surface area contributed by atoms with Crippen LogP contribution in [0, 0.1) is 5.82 Å². The lowest BCUT2D eigenvalue weighted by molar-refractivity contribution is -0.119. The van der Waals surface area contributed by atoms with Gasteiger partial charge in [-0.1, -0.05) is 35.9 Å². The van der Waals surface area contributed by atoms with E-state index in [1.165, 1.54) is 23.1 Å². The van der Waals surface area contributed by atoms with E-state index in [2.05, 4.69) is 15.4 Å². The molecule has 2 atom stereocenters. The third-order valence-corrected chi connectivity index (χ3v) is 8.33.